The van der Waals surface area contributed by atoms with Crippen molar-refractivity contribution < 1.29 is 14.3 Å². The quantitative estimate of drug-likeness (QED) is 0.867. The molecule has 2 aromatic rings. The lowest BCUT2D eigenvalue weighted by atomic mass is 9.89. The Hall–Kier alpha value is -1.97. The third-order valence-electron chi connectivity index (χ3n) is 2.83. The van der Waals surface area contributed by atoms with Gasteiger partial charge < -0.3 is 5.11 Å². The maximum Gasteiger partial charge on any atom is 0.315 e. The molecule has 4 heteroatoms. The monoisotopic (exact) mass is 233 g/mol. The standard InChI is InChI=1S/C13H12FNO2/c1-13(2,12(16)17)11-6-4-8-3-5-9(14)7-10(8)15-11/h3-7H,1-2H3,(H,16,17). The maximum absolute atomic E-state index is 13.1. The molecule has 0 aliphatic rings. The summed E-state index contributed by atoms with van der Waals surface area (Å²) in [6.45, 7) is 3.14. The van der Waals surface area contributed by atoms with Crippen LogP contribution in [0.2, 0.25) is 0 Å². The summed E-state index contributed by atoms with van der Waals surface area (Å²) < 4.78 is 13.1. The normalized spacial score (nSPS) is 11.7. The van der Waals surface area contributed by atoms with Crippen LogP contribution in [0, 0.1) is 5.82 Å². The van der Waals surface area contributed by atoms with Crippen LogP contribution >= 0.6 is 0 Å². The summed E-state index contributed by atoms with van der Waals surface area (Å²) >= 11 is 0. The minimum atomic E-state index is -1.08. The van der Waals surface area contributed by atoms with Gasteiger partial charge >= 0.3 is 5.97 Å². The zero-order valence-corrected chi connectivity index (χ0v) is 9.57. The van der Waals surface area contributed by atoms with Crippen molar-refractivity contribution in [1.82, 2.24) is 4.98 Å². The number of rotatable bonds is 2. The first-order valence-electron chi connectivity index (χ1n) is 5.21. The van der Waals surface area contributed by atoms with Gasteiger partial charge in [-0.25, -0.2) is 4.39 Å². The second-order valence-corrected chi connectivity index (χ2v) is 4.46. The van der Waals surface area contributed by atoms with Crippen molar-refractivity contribution in [3.63, 3.8) is 0 Å². The van der Waals surface area contributed by atoms with Gasteiger partial charge in [0.25, 0.3) is 0 Å². The van der Waals surface area contributed by atoms with Crippen LogP contribution in [-0.4, -0.2) is 16.1 Å². The Morgan fingerprint density at radius 1 is 1.29 bits per heavy atom. The van der Waals surface area contributed by atoms with E-state index >= 15 is 0 Å². The minimum absolute atomic E-state index is 0.379. The summed E-state index contributed by atoms with van der Waals surface area (Å²) in [7, 11) is 0. The fourth-order valence-electron chi connectivity index (χ4n) is 1.55. The van der Waals surface area contributed by atoms with Gasteiger partial charge in [0.2, 0.25) is 0 Å². The van der Waals surface area contributed by atoms with E-state index in [9.17, 15) is 9.18 Å². The first kappa shape index (κ1) is 11.5. The highest BCUT2D eigenvalue weighted by atomic mass is 19.1. The molecular formula is C13H12FNO2. The van der Waals surface area contributed by atoms with Crippen molar-refractivity contribution >= 4 is 16.9 Å². The van der Waals surface area contributed by atoms with Gasteiger partial charge in [0.05, 0.1) is 11.2 Å². The first-order valence-corrected chi connectivity index (χ1v) is 5.21. The molecular weight excluding hydrogens is 221 g/mol. The number of carboxylic acids is 1. The van der Waals surface area contributed by atoms with Crippen LogP contribution in [0.4, 0.5) is 4.39 Å². The number of fused-ring (bicyclic) bond motifs is 1. The number of carboxylic acid groups (broad SMARTS) is 1. The number of halogens is 1. The average molecular weight is 233 g/mol. The Balaban J connectivity index is 2.62. The highest BCUT2D eigenvalue weighted by Crippen LogP contribution is 2.24. The van der Waals surface area contributed by atoms with Crippen LogP contribution in [0.5, 0.6) is 0 Å². The van der Waals surface area contributed by atoms with Crippen LogP contribution in [0.1, 0.15) is 19.5 Å². The van der Waals surface area contributed by atoms with Crippen molar-refractivity contribution in [2.45, 2.75) is 19.3 Å². The molecule has 1 aromatic carbocycles. The minimum Gasteiger partial charge on any atom is -0.481 e. The molecule has 1 heterocycles. The van der Waals surface area contributed by atoms with Gasteiger partial charge in [-0.1, -0.05) is 6.07 Å². The fourth-order valence-corrected chi connectivity index (χ4v) is 1.55. The molecule has 0 bridgehead atoms. The molecule has 0 saturated heterocycles. The van der Waals surface area contributed by atoms with Crippen molar-refractivity contribution in [3.8, 4) is 0 Å². The van der Waals surface area contributed by atoms with Crippen molar-refractivity contribution in [2.75, 3.05) is 0 Å². The third-order valence-corrected chi connectivity index (χ3v) is 2.83. The summed E-state index contributed by atoms with van der Waals surface area (Å²) in [6.07, 6.45) is 0. The van der Waals surface area contributed by atoms with E-state index in [0.29, 0.717) is 11.2 Å². The van der Waals surface area contributed by atoms with Crippen LogP contribution in [0.25, 0.3) is 10.9 Å². The smallest absolute Gasteiger partial charge is 0.315 e. The molecule has 1 aromatic heterocycles. The number of aliphatic carboxylic acids is 1. The molecule has 2 rings (SSSR count). The first-order chi connectivity index (χ1) is 7.91. The SMILES string of the molecule is CC(C)(C(=O)O)c1ccc2ccc(F)cc2n1. The Morgan fingerprint density at radius 3 is 2.59 bits per heavy atom. The van der Waals surface area contributed by atoms with Crippen molar-refractivity contribution in [3.05, 3.63) is 41.8 Å². The number of hydrogen-bond donors (Lipinski definition) is 1. The summed E-state index contributed by atoms with van der Waals surface area (Å²) in [4.78, 5) is 15.3. The third kappa shape index (κ3) is 1.98. The Morgan fingerprint density at radius 2 is 1.94 bits per heavy atom. The second-order valence-electron chi connectivity index (χ2n) is 4.46. The van der Waals surface area contributed by atoms with E-state index in [0.717, 1.165) is 5.39 Å². The fraction of sp³-hybridized carbons (Fsp3) is 0.231. The summed E-state index contributed by atoms with van der Waals surface area (Å²) in [5.41, 5.74) is -0.194. The van der Waals surface area contributed by atoms with E-state index < -0.39 is 11.4 Å². The van der Waals surface area contributed by atoms with Crippen molar-refractivity contribution in [2.24, 2.45) is 0 Å². The molecule has 0 unspecified atom stereocenters. The molecule has 17 heavy (non-hydrogen) atoms. The lowest BCUT2D eigenvalue weighted by Gasteiger charge is -2.18. The molecule has 0 atom stereocenters. The second kappa shape index (κ2) is 3.80. The van der Waals surface area contributed by atoms with Gasteiger partial charge in [0.15, 0.2) is 0 Å². The van der Waals surface area contributed by atoms with Gasteiger partial charge in [-0.05, 0) is 32.0 Å². The van der Waals surface area contributed by atoms with Gasteiger partial charge in [-0.3, -0.25) is 9.78 Å². The summed E-state index contributed by atoms with van der Waals surface area (Å²) in [6, 6.07) is 7.69. The zero-order chi connectivity index (χ0) is 12.6. The van der Waals surface area contributed by atoms with Crippen molar-refractivity contribution in [1.29, 1.82) is 0 Å². The predicted octanol–water partition coefficient (Wildman–Crippen LogP) is 2.74. The largest absolute Gasteiger partial charge is 0.481 e. The number of hydrogen-bond acceptors (Lipinski definition) is 2. The number of aromatic nitrogens is 1. The van der Waals surface area contributed by atoms with Gasteiger partial charge in [0.1, 0.15) is 11.2 Å². The molecule has 0 saturated carbocycles. The Labute approximate surface area is 97.9 Å². The summed E-state index contributed by atoms with van der Waals surface area (Å²) in [5.74, 6) is -1.34. The van der Waals surface area contributed by atoms with Gasteiger partial charge in [-0.15, -0.1) is 0 Å². The Bertz CT molecular complexity index is 593. The molecule has 0 aliphatic heterocycles. The molecule has 0 fully saturated rings. The van der Waals surface area contributed by atoms with Crippen LogP contribution in [-0.2, 0) is 10.2 Å². The lowest BCUT2D eigenvalue weighted by molar-refractivity contribution is -0.142. The van der Waals surface area contributed by atoms with Crippen LogP contribution in [0.3, 0.4) is 0 Å². The number of pyridine rings is 1. The topological polar surface area (TPSA) is 50.2 Å². The Kier molecular flexibility index (Phi) is 2.58. The van der Waals surface area contributed by atoms with Crippen LogP contribution < -0.4 is 0 Å². The van der Waals surface area contributed by atoms with E-state index in [4.69, 9.17) is 5.11 Å². The molecule has 0 aliphatic carbocycles. The molecule has 1 N–H and O–H groups in total. The maximum atomic E-state index is 13.1. The highest BCUT2D eigenvalue weighted by Gasteiger charge is 2.31. The molecule has 88 valence electrons. The lowest BCUT2D eigenvalue weighted by Crippen LogP contribution is -2.29. The number of benzene rings is 1. The van der Waals surface area contributed by atoms with Gasteiger partial charge in [0, 0.05) is 11.5 Å². The average Bonchev–Trinajstić information content (AvgIpc) is 2.27. The predicted molar refractivity (Wildman–Crippen MR) is 62.4 cm³/mol. The van der Waals surface area contributed by atoms with Crippen LogP contribution in [0.15, 0.2) is 30.3 Å². The van der Waals surface area contributed by atoms with Gasteiger partial charge in [-0.2, -0.15) is 0 Å². The highest BCUT2D eigenvalue weighted by molar-refractivity contribution is 5.83. The molecule has 0 radical (unpaired) electrons. The molecule has 0 amide bonds. The summed E-state index contributed by atoms with van der Waals surface area (Å²) in [5, 5.41) is 9.90. The van der Waals surface area contributed by atoms with E-state index in [-0.39, 0.29) is 5.82 Å². The van der Waals surface area contributed by atoms with E-state index in [1.54, 1.807) is 32.0 Å². The van der Waals surface area contributed by atoms with E-state index in [1.807, 2.05) is 0 Å². The molecule has 3 nitrogen and oxygen atoms in total. The number of nitrogens with zero attached hydrogens (tertiary/aromatic N) is 1. The van der Waals surface area contributed by atoms with E-state index in [2.05, 4.69) is 4.98 Å². The van der Waals surface area contributed by atoms with E-state index in [1.165, 1.54) is 12.1 Å². The molecule has 0 spiro atoms. The zero-order valence-electron chi connectivity index (χ0n) is 9.57. The number of carbonyl (C=O) groups is 1.